The summed E-state index contributed by atoms with van der Waals surface area (Å²) in [6, 6.07) is 9.43. The van der Waals surface area contributed by atoms with Crippen LogP contribution in [-0.2, 0) is 0 Å². The zero-order chi connectivity index (χ0) is 12.1. The third kappa shape index (κ3) is 3.47. The van der Waals surface area contributed by atoms with Crippen LogP contribution in [0.15, 0.2) is 30.3 Å². The molecule has 17 heavy (non-hydrogen) atoms. The van der Waals surface area contributed by atoms with Crippen molar-refractivity contribution in [3.63, 3.8) is 0 Å². The summed E-state index contributed by atoms with van der Waals surface area (Å²) >= 11 is 6.30. The van der Waals surface area contributed by atoms with Gasteiger partial charge in [-0.15, -0.1) is 11.6 Å². The van der Waals surface area contributed by atoms with E-state index in [-0.39, 0.29) is 17.3 Å². The molecule has 1 saturated carbocycles. The van der Waals surface area contributed by atoms with Crippen molar-refractivity contribution in [3.8, 4) is 0 Å². The summed E-state index contributed by atoms with van der Waals surface area (Å²) in [6.45, 7) is 0. The van der Waals surface area contributed by atoms with Gasteiger partial charge in [0.2, 0.25) is 0 Å². The largest absolute Gasteiger partial charge is 0.348 e. The van der Waals surface area contributed by atoms with E-state index in [4.69, 9.17) is 11.6 Å². The normalized spacial score (nSPS) is 25.0. The molecule has 1 aromatic rings. The molecule has 2 nitrogen and oxygen atoms in total. The highest BCUT2D eigenvalue weighted by Crippen LogP contribution is 2.22. The highest BCUT2D eigenvalue weighted by atomic mass is 35.5. The molecule has 1 N–H and O–H groups in total. The fraction of sp³-hybridized carbons (Fsp3) is 0.500. The van der Waals surface area contributed by atoms with Crippen LogP contribution in [0.25, 0.3) is 0 Å². The molecule has 2 atom stereocenters. The van der Waals surface area contributed by atoms with Crippen molar-refractivity contribution in [2.45, 2.75) is 43.5 Å². The van der Waals surface area contributed by atoms with Crippen LogP contribution in [0.3, 0.4) is 0 Å². The Balaban J connectivity index is 1.98. The van der Waals surface area contributed by atoms with Crippen molar-refractivity contribution in [1.82, 2.24) is 5.32 Å². The zero-order valence-corrected chi connectivity index (χ0v) is 10.6. The maximum atomic E-state index is 12.0. The SMILES string of the molecule is O=C(N[C@@H]1CCCCC[C@H]1Cl)c1ccccc1. The Kier molecular flexibility index (Phi) is 4.43. The van der Waals surface area contributed by atoms with Crippen LogP contribution >= 0.6 is 11.6 Å². The Morgan fingerprint density at radius 1 is 1.12 bits per heavy atom. The van der Waals surface area contributed by atoms with E-state index in [2.05, 4.69) is 5.32 Å². The molecule has 92 valence electrons. The lowest BCUT2D eigenvalue weighted by Crippen LogP contribution is -2.40. The van der Waals surface area contributed by atoms with E-state index in [1.54, 1.807) is 0 Å². The molecule has 0 unspecified atom stereocenters. The van der Waals surface area contributed by atoms with Crippen molar-refractivity contribution in [2.75, 3.05) is 0 Å². The number of alkyl halides is 1. The number of hydrogen-bond donors (Lipinski definition) is 1. The molecule has 1 fully saturated rings. The molecule has 0 spiro atoms. The van der Waals surface area contributed by atoms with Gasteiger partial charge >= 0.3 is 0 Å². The van der Waals surface area contributed by atoms with Gasteiger partial charge in [-0.2, -0.15) is 0 Å². The first-order valence-electron chi connectivity index (χ1n) is 6.27. The first-order valence-corrected chi connectivity index (χ1v) is 6.71. The van der Waals surface area contributed by atoms with Gasteiger partial charge in [-0.05, 0) is 25.0 Å². The Labute approximate surface area is 107 Å². The minimum absolute atomic E-state index is 0.0110. The van der Waals surface area contributed by atoms with E-state index < -0.39 is 0 Å². The lowest BCUT2D eigenvalue weighted by molar-refractivity contribution is 0.0934. The van der Waals surface area contributed by atoms with E-state index in [0.717, 1.165) is 19.3 Å². The van der Waals surface area contributed by atoms with Crippen molar-refractivity contribution in [3.05, 3.63) is 35.9 Å². The molecule has 2 rings (SSSR count). The lowest BCUT2D eigenvalue weighted by atomic mass is 10.1. The van der Waals surface area contributed by atoms with Crippen LogP contribution in [0.2, 0.25) is 0 Å². The maximum Gasteiger partial charge on any atom is 0.251 e. The van der Waals surface area contributed by atoms with Gasteiger partial charge in [0.1, 0.15) is 0 Å². The Morgan fingerprint density at radius 2 is 1.82 bits per heavy atom. The van der Waals surface area contributed by atoms with Crippen LogP contribution in [0, 0.1) is 0 Å². The van der Waals surface area contributed by atoms with Crippen LogP contribution in [-0.4, -0.2) is 17.3 Å². The predicted molar refractivity (Wildman–Crippen MR) is 70.4 cm³/mol. The molecule has 0 heterocycles. The third-order valence-corrected chi connectivity index (χ3v) is 3.81. The van der Waals surface area contributed by atoms with Gasteiger partial charge in [-0.1, -0.05) is 37.5 Å². The van der Waals surface area contributed by atoms with Gasteiger partial charge in [0.15, 0.2) is 0 Å². The summed E-state index contributed by atoms with van der Waals surface area (Å²) in [4.78, 5) is 12.0. The topological polar surface area (TPSA) is 29.1 Å². The second-order valence-corrected chi connectivity index (χ2v) is 5.16. The van der Waals surface area contributed by atoms with Gasteiger partial charge in [-0.25, -0.2) is 0 Å². The van der Waals surface area contributed by atoms with E-state index in [1.807, 2.05) is 30.3 Å². The summed E-state index contributed by atoms with van der Waals surface area (Å²) in [7, 11) is 0. The van der Waals surface area contributed by atoms with Crippen LogP contribution in [0.4, 0.5) is 0 Å². The van der Waals surface area contributed by atoms with E-state index in [9.17, 15) is 4.79 Å². The van der Waals surface area contributed by atoms with Crippen LogP contribution in [0.5, 0.6) is 0 Å². The number of amides is 1. The number of nitrogens with one attached hydrogen (secondary N) is 1. The van der Waals surface area contributed by atoms with Crippen molar-refractivity contribution < 1.29 is 4.79 Å². The number of rotatable bonds is 2. The van der Waals surface area contributed by atoms with Crippen LogP contribution < -0.4 is 5.32 Å². The zero-order valence-electron chi connectivity index (χ0n) is 9.86. The standard InChI is InChI=1S/C14H18ClNO/c15-12-9-5-2-6-10-13(12)16-14(17)11-7-3-1-4-8-11/h1,3-4,7-8,12-13H,2,5-6,9-10H2,(H,16,17)/t12-,13-/m1/s1. The van der Waals surface area contributed by atoms with Crippen molar-refractivity contribution in [2.24, 2.45) is 0 Å². The highest BCUT2D eigenvalue weighted by molar-refractivity contribution is 6.21. The summed E-state index contributed by atoms with van der Waals surface area (Å²) in [6.07, 6.45) is 5.55. The number of carbonyl (C=O) groups excluding carboxylic acids is 1. The average Bonchev–Trinajstić information content (AvgIpc) is 2.56. The molecule has 1 aliphatic carbocycles. The van der Waals surface area contributed by atoms with E-state index in [1.165, 1.54) is 12.8 Å². The Morgan fingerprint density at radius 3 is 2.59 bits per heavy atom. The molecule has 3 heteroatoms. The molecule has 0 aromatic heterocycles. The molecule has 0 aliphatic heterocycles. The minimum Gasteiger partial charge on any atom is -0.348 e. The fourth-order valence-electron chi connectivity index (χ4n) is 2.27. The number of benzene rings is 1. The lowest BCUT2D eigenvalue weighted by Gasteiger charge is -2.21. The smallest absolute Gasteiger partial charge is 0.251 e. The highest BCUT2D eigenvalue weighted by Gasteiger charge is 2.23. The summed E-state index contributed by atoms with van der Waals surface area (Å²) in [5.41, 5.74) is 0.709. The first kappa shape index (κ1) is 12.4. The molecule has 0 saturated heterocycles. The Bertz CT molecular complexity index is 366. The molecular formula is C14H18ClNO. The predicted octanol–water partition coefficient (Wildman–Crippen LogP) is 3.36. The molecule has 0 radical (unpaired) electrons. The van der Waals surface area contributed by atoms with E-state index in [0.29, 0.717) is 5.56 Å². The average molecular weight is 252 g/mol. The number of carbonyl (C=O) groups is 1. The number of halogens is 1. The first-order chi connectivity index (χ1) is 8.27. The third-order valence-electron chi connectivity index (χ3n) is 3.28. The van der Waals surface area contributed by atoms with Gasteiger partial charge in [0.25, 0.3) is 5.91 Å². The van der Waals surface area contributed by atoms with Gasteiger partial charge < -0.3 is 5.32 Å². The molecule has 0 bridgehead atoms. The molecule has 1 aromatic carbocycles. The van der Waals surface area contributed by atoms with Gasteiger partial charge in [-0.3, -0.25) is 4.79 Å². The van der Waals surface area contributed by atoms with Crippen LogP contribution in [0.1, 0.15) is 42.5 Å². The molecule has 1 amide bonds. The second-order valence-electron chi connectivity index (χ2n) is 4.60. The molecule has 1 aliphatic rings. The van der Waals surface area contributed by atoms with E-state index >= 15 is 0 Å². The van der Waals surface area contributed by atoms with Crippen molar-refractivity contribution >= 4 is 17.5 Å². The summed E-state index contributed by atoms with van der Waals surface area (Å²) in [5.74, 6) is -0.0110. The molecular weight excluding hydrogens is 234 g/mol. The summed E-state index contributed by atoms with van der Waals surface area (Å²) in [5, 5.41) is 3.13. The maximum absolute atomic E-state index is 12.0. The monoisotopic (exact) mass is 251 g/mol. The second kappa shape index (κ2) is 6.06. The number of hydrogen-bond acceptors (Lipinski definition) is 1. The quantitative estimate of drug-likeness (QED) is 0.634. The summed E-state index contributed by atoms with van der Waals surface area (Å²) < 4.78 is 0. The van der Waals surface area contributed by atoms with Crippen molar-refractivity contribution in [1.29, 1.82) is 0 Å². The van der Waals surface area contributed by atoms with Gasteiger partial charge in [0, 0.05) is 11.6 Å². The fourth-order valence-corrected chi connectivity index (χ4v) is 2.61. The Hall–Kier alpha value is -1.02. The minimum atomic E-state index is -0.0110. The van der Waals surface area contributed by atoms with Gasteiger partial charge in [0.05, 0.1) is 5.38 Å².